The fourth-order valence-corrected chi connectivity index (χ4v) is 1.73. The molecule has 5 heteroatoms. The molecule has 1 heterocycles. The molecule has 0 aliphatic carbocycles. The number of nitrogens with zero attached hydrogens (tertiary/aromatic N) is 2. The molecule has 0 fully saturated rings. The van der Waals surface area contributed by atoms with Crippen molar-refractivity contribution in [3.05, 3.63) is 29.9 Å². The third-order valence-corrected chi connectivity index (χ3v) is 2.73. The first-order chi connectivity index (χ1) is 8.54. The van der Waals surface area contributed by atoms with Crippen LogP contribution in [0.1, 0.15) is 19.2 Å². The molecular formula is C13H17FN2O2. The minimum atomic E-state index is -0.315. The van der Waals surface area contributed by atoms with Gasteiger partial charge < -0.3 is 9.52 Å². The minimum absolute atomic E-state index is 0.315. The fourth-order valence-electron chi connectivity index (χ4n) is 1.73. The van der Waals surface area contributed by atoms with Gasteiger partial charge in [0, 0.05) is 12.6 Å². The molecular weight excluding hydrogens is 235 g/mol. The topological polar surface area (TPSA) is 49.5 Å². The van der Waals surface area contributed by atoms with Gasteiger partial charge in [-0.15, -0.1) is 0 Å². The average molecular weight is 252 g/mol. The number of rotatable bonds is 5. The van der Waals surface area contributed by atoms with Crippen molar-refractivity contribution in [1.82, 2.24) is 9.88 Å². The number of oxazole rings is 1. The zero-order valence-electron chi connectivity index (χ0n) is 10.6. The van der Waals surface area contributed by atoms with E-state index >= 15 is 0 Å². The highest BCUT2D eigenvalue weighted by Crippen LogP contribution is 2.17. The summed E-state index contributed by atoms with van der Waals surface area (Å²) in [7, 11) is 1.93. The van der Waals surface area contributed by atoms with E-state index in [1.165, 1.54) is 12.1 Å². The van der Waals surface area contributed by atoms with E-state index in [0.29, 0.717) is 30.0 Å². The quantitative estimate of drug-likeness (QED) is 0.886. The Morgan fingerprint density at radius 1 is 1.50 bits per heavy atom. The van der Waals surface area contributed by atoms with Crippen LogP contribution in [0.2, 0.25) is 0 Å². The minimum Gasteiger partial charge on any atom is -0.439 e. The third kappa shape index (κ3) is 3.27. The SMILES string of the molecule is CC(O)CCN(C)Cc1nc2cc(F)ccc2o1. The summed E-state index contributed by atoms with van der Waals surface area (Å²) in [4.78, 5) is 6.24. The third-order valence-electron chi connectivity index (χ3n) is 2.73. The molecule has 1 unspecified atom stereocenters. The molecule has 0 saturated carbocycles. The second-order valence-corrected chi connectivity index (χ2v) is 4.60. The second-order valence-electron chi connectivity index (χ2n) is 4.60. The Bertz CT molecular complexity index is 525. The normalized spacial score (nSPS) is 13.4. The maximum atomic E-state index is 13.0. The van der Waals surface area contributed by atoms with Crippen LogP contribution in [0.3, 0.4) is 0 Å². The van der Waals surface area contributed by atoms with Crippen molar-refractivity contribution < 1.29 is 13.9 Å². The number of halogens is 1. The van der Waals surface area contributed by atoms with E-state index in [1.807, 2.05) is 11.9 Å². The zero-order chi connectivity index (χ0) is 13.1. The van der Waals surface area contributed by atoms with Gasteiger partial charge in [0.05, 0.1) is 12.6 Å². The number of hydrogen-bond acceptors (Lipinski definition) is 4. The Kier molecular flexibility index (Phi) is 3.93. The molecule has 1 N–H and O–H groups in total. The van der Waals surface area contributed by atoms with E-state index in [2.05, 4.69) is 4.98 Å². The lowest BCUT2D eigenvalue weighted by Crippen LogP contribution is -2.22. The van der Waals surface area contributed by atoms with Gasteiger partial charge in [0.15, 0.2) is 5.58 Å². The molecule has 0 amide bonds. The number of benzene rings is 1. The highest BCUT2D eigenvalue weighted by Gasteiger charge is 2.09. The van der Waals surface area contributed by atoms with E-state index in [4.69, 9.17) is 4.42 Å². The lowest BCUT2D eigenvalue weighted by molar-refractivity contribution is 0.160. The van der Waals surface area contributed by atoms with Crippen LogP contribution in [0, 0.1) is 5.82 Å². The van der Waals surface area contributed by atoms with Gasteiger partial charge in [0.2, 0.25) is 5.89 Å². The Morgan fingerprint density at radius 2 is 2.28 bits per heavy atom. The number of aliphatic hydroxyl groups is 1. The van der Waals surface area contributed by atoms with Gasteiger partial charge in [0.1, 0.15) is 11.3 Å². The summed E-state index contributed by atoms with van der Waals surface area (Å²) in [6.07, 6.45) is 0.385. The lowest BCUT2D eigenvalue weighted by Gasteiger charge is -2.15. The van der Waals surface area contributed by atoms with Crippen molar-refractivity contribution in [1.29, 1.82) is 0 Å². The summed E-state index contributed by atoms with van der Waals surface area (Å²) < 4.78 is 18.5. The summed E-state index contributed by atoms with van der Waals surface area (Å²) in [5, 5.41) is 9.20. The number of hydrogen-bond donors (Lipinski definition) is 1. The molecule has 0 saturated heterocycles. The molecule has 1 aromatic carbocycles. The Balaban J connectivity index is 2.03. The van der Waals surface area contributed by atoms with Gasteiger partial charge in [0.25, 0.3) is 0 Å². The molecule has 0 spiro atoms. The van der Waals surface area contributed by atoms with Crippen LogP contribution in [0.5, 0.6) is 0 Å². The maximum absolute atomic E-state index is 13.0. The van der Waals surface area contributed by atoms with E-state index in [1.54, 1.807) is 13.0 Å². The monoisotopic (exact) mass is 252 g/mol. The van der Waals surface area contributed by atoms with Crippen molar-refractivity contribution in [3.63, 3.8) is 0 Å². The van der Waals surface area contributed by atoms with Gasteiger partial charge in [-0.25, -0.2) is 9.37 Å². The van der Waals surface area contributed by atoms with Crippen molar-refractivity contribution in [2.75, 3.05) is 13.6 Å². The summed E-state index contributed by atoms with van der Waals surface area (Å²) >= 11 is 0. The number of fused-ring (bicyclic) bond motifs is 1. The highest BCUT2D eigenvalue weighted by atomic mass is 19.1. The van der Waals surface area contributed by atoms with Gasteiger partial charge in [-0.2, -0.15) is 0 Å². The molecule has 0 aliphatic rings. The number of aliphatic hydroxyl groups excluding tert-OH is 1. The van der Waals surface area contributed by atoms with Crippen LogP contribution in [-0.2, 0) is 6.54 Å². The lowest BCUT2D eigenvalue weighted by atomic mass is 10.3. The average Bonchev–Trinajstić information content (AvgIpc) is 2.67. The van der Waals surface area contributed by atoms with Crippen LogP contribution in [-0.4, -0.2) is 34.7 Å². The second kappa shape index (κ2) is 5.46. The first-order valence-corrected chi connectivity index (χ1v) is 5.96. The van der Waals surface area contributed by atoms with Crippen molar-refractivity contribution in [2.24, 2.45) is 0 Å². The Morgan fingerprint density at radius 3 is 3.00 bits per heavy atom. The fraction of sp³-hybridized carbons (Fsp3) is 0.462. The van der Waals surface area contributed by atoms with Crippen LogP contribution >= 0.6 is 0 Å². The smallest absolute Gasteiger partial charge is 0.209 e. The standard InChI is InChI=1S/C13H17FN2O2/c1-9(17)5-6-16(2)8-13-15-11-7-10(14)3-4-12(11)18-13/h3-4,7,9,17H,5-6,8H2,1-2H3. The van der Waals surface area contributed by atoms with Crippen LogP contribution < -0.4 is 0 Å². The van der Waals surface area contributed by atoms with Crippen LogP contribution in [0.4, 0.5) is 4.39 Å². The predicted molar refractivity (Wildman–Crippen MR) is 66.6 cm³/mol. The van der Waals surface area contributed by atoms with Gasteiger partial charge >= 0.3 is 0 Å². The maximum Gasteiger partial charge on any atom is 0.209 e. The Hall–Kier alpha value is -1.46. The van der Waals surface area contributed by atoms with Gasteiger partial charge in [-0.3, -0.25) is 4.90 Å². The van der Waals surface area contributed by atoms with Crippen LogP contribution in [0.25, 0.3) is 11.1 Å². The van der Waals surface area contributed by atoms with Crippen molar-refractivity contribution in [3.8, 4) is 0 Å². The molecule has 98 valence electrons. The van der Waals surface area contributed by atoms with Crippen LogP contribution in [0.15, 0.2) is 22.6 Å². The molecule has 0 aliphatic heterocycles. The summed E-state index contributed by atoms with van der Waals surface area (Å²) in [5.41, 5.74) is 1.13. The molecule has 2 aromatic rings. The molecule has 2 rings (SSSR count). The first kappa shape index (κ1) is 13.0. The largest absolute Gasteiger partial charge is 0.439 e. The summed E-state index contributed by atoms with van der Waals surface area (Å²) in [6.45, 7) is 3.06. The number of aromatic nitrogens is 1. The van der Waals surface area contributed by atoms with Crippen molar-refractivity contribution in [2.45, 2.75) is 26.0 Å². The zero-order valence-corrected chi connectivity index (χ0v) is 10.6. The van der Waals surface area contributed by atoms with Crippen molar-refractivity contribution >= 4 is 11.1 Å². The first-order valence-electron chi connectivity index (χ1n) is 5.96. The van der Waals surface area contributed by atoms with Gasteiger partial charge in [-0.05, 0) is 32.5 Å². The Labute approximate surface area is 105 Å². The molecule has 1 atom stereocenters. The predicted octanol–water partition coefficient (Wildman–Crippen LogP) is 2.17. The summed E-state index contributed by atoms with van der Waals surface area (Å²) in [5.74, 6) is 0.244. The molecule has 1 aromatic heterocycles. The van der Waals surface area contributed by atoms with E-state index in [9.17, 15) is 9.50 Å². The molecule has 0 bridgehead atoms. The van der Waals surface area contributed by atoms with E-state index in [-0.39, 0.29) is 11.9 Å². The molecule has 18 heavy (non-hydrogen) atoms. The van der Waals surface area contributed by atoms with E-state index < -0.39 is 0 Å². The highest BCUT2D eigenvalue weighted by molar-refractivity contribution is 5.72. The molecule has 0 radical (unpaired) electrons. The van der Waals surface area contributed by atoms with E-state index in [0.717, 1.165) is 6.54 Å². The molecule has 4 nitrogen and oxygen atoms in total. The van der Waals surface area contributed by atoms with Gasteiger partial charge in [-0.1, -0.05) is 0 Å². The summed E-state index contributed by atoms with van der Waals surface area (Å²) in [6, 6.07) is 4.30.